The van der Waals surface area contributed by atoms with Crippen LogP contribution in [0.2, 0.25) is 0 Å². The van der Waals surface area contributed by atoms with Crippen molar-refractivity contribution in [3.05, 3.63) is 42.6 Å². The number of hydrogen-bond donors (Lipinski definition) is 0. The Morgan fingerprint density at radius 2 is 1.75 bits per heavy atom. The minimum Gasteiger partial charge on any atom is -0.497 e. The Labute approximate surface area is 192 Å². The van der Waals surface area contributed by atoms with Crippen LogP contribution in [0.4, 0.5) is 0 Å². The molecule has 170 valence electrons. The standard InChI is InChI=1S/C28H37N3O/c1-27-16-5-4-6-20(27)9-12-22-23-13-14-26(28(23,2)17-15-24(22)27)31-18-25(29-30-31)19-7-10-21(32-3)11-8-19/h4-5,7-8,10-11,18,20,22-24,26H,6,9,12-17H2,1-3H3/t20-,22+,23+,24+,26-,27+,28+/m1/s1. The van der Waals surface area contributed by atoms with Gasteiger partial charge in [-0.2, -0.15) is 0 Å². The molecule has 6 rings (SSSR count). The van der Waals surface area contributed by atoms with Crippen molar-refractivity contribution in [2.24, 2.45) is 34.5 Å². The lowest BCUT2D eigenvalue weighted by atomic mass is 9.46. The predicted molar refractivity (Wildman–Crippen MR) is 127 cm³/mol. The largest absolute Gasteiger partial charge is 0.497 e. The quantitative estimate of drug-likeness (QED) is 0.507. The molecule has 4 aliphatic rings. The average Bonchev–Trinajstić information content (AvgIpc) is 3.43. The van der Waals surface area contributed by atoms with Crippen LogP contribution in [-0.4, -0.2) is 22.1 Å². The first-order valence-electron chi connectivity index (χ1n) is 12.7. The zero-order chi connectivity index (χ0) is 21.9. The molecule has 0 amide bonds. The van der Waals surface area contributed by atoms with Crippen LogP contribution in [0.15, 0.2) is 42.6 Å². The fourth-order valence-electron chi connectivity index (χ4n) is 8.57. The third kappa shape index (κ3) is 2.94. The minimum absolute atomic E-state index is 0.347. The molecule has 0 N–H and O–H groups in total. The van der Waals surface area contributed by atoms with Crippen molar-refractivity contribution >= 4 is 0 Å². The highest BCUT2D eigenvalue weighted by molar-refractivity contribution is 5.58. The van der Waals surface area contributed by atoms with Gasteiger partial charge < -0.3 is 4.74 Å². The van der Waals surface area contributed by atoms with E-state index < -0.39 is 0 Å². The summed E-state index contributed by atoms with van der Waals surface area (Å²) in [5.41, 5.74) is 2.96. The fraction of sp³-hybridized carbons (Fsp3) is 0.643. The molecule has 4 heteroatoms. The third-order valence-corrected chi connectivity index (χ3v) is 10.4. The first-order chi connectivity index (χ1) is 15.5. The van der Waals surface area contributed by atoms with Crippen LogP contribution in [0.5, 0.6) is 5.75 Å². The molecule has 0 radical (unpaired) electrons. The van der Waals surface area contributed by atoms with Crippen molar-refractivity contribution in [1.29, 1.82) is 0 Å². The Kier molecular flexibility index (Phi) is 4.78. The maximum atomic E-state index is 5.30. The van der Waals surface area contributed by atoms with E-state index in [1.165, 1.54) is 51.4 Å². The van der Waals surface area contributed by atoms with Gasteiger partial charge in [-0.25, -0.2) is 4.68 Å². The highest BCUT2D eigenvalue weighted by atomic mass is 16.5. The Hall–Kier alpha value is -2.10. The molecule has 4 aliphatic carbocycles. The second-order valence-corrected chi connectivity index (χ2v) is 11.5. The molecular weight excluding hydrogens is 394 g/mol. The van der Waals surface area contributed by atoms with Gasteiger partial charge >= 0.3 is 0 Å². The average molecular weight is 432 g/mol. The molecule has 2 aromatic rings. The van der Waals surface area contributed by atoms with E-state index in [4.69, 9.17) is 4.74 Å². The molecular formula is C28H37N3O. The molecule has 0 spiro atoms. The van der Waals surface area contributed by atoms with Crippen LogP contribution in [0, 0.1) is 34.5 Å². The number of allylic oxidation sites excluding steroid dienone is 2. The lowest BCUT2D eigenvalue weighted by Gasteiger charge is -2.59. The Morgan fingerprint density at radius 1 is 0.938 bits per heavy atom. The molecule has 0 unspecified atom stereocenters. The van der Waals surface area contributed by atoms with Crippen molar-refractivity contribution in [2.45, 2.75) is 71.3 Å². The third-order valence-electron chi connectivity index (χ3n) is 10.4. The van der Waals surface area contributed by atoms with Crippen molar-refractivity contribution in [3.63, 3.8) is 0 Å². The topological polar surface area (TPSA) is 39.9 Å². The van der Waals surface area contributed by atoms with Crippen LogP contribution >= 0.6 is 0 Å². The van der Waals surface area contributed by atoms with Crippen LogP contribution in [0.25, 0.3) is 11.3 Å². The molecule has 1 heterocycles. The second-order valence-electron chi connectivity index (χ2n) is 11.5. The highest BCUT2D eigenvalue weighted by Gasteiger charge is 2.60. The van der Waals surface area contributed by atoms with Crippen molar-refractivity contribution in [2.75, 3.05) is 7.11 Å². The molecule has 0 aliphatic heterocycles. The highest BCUT2D eigenvalue weighted by Crippen LogP contribution is 2.67. The molecule has 3 fully saturated rings. The van der Waals surface area contributed by atoms with E-state index in [1.54, 1.807) is 7.11 Å². The number of aromatic nitrogens is 3. The van der Waals surface area contributed by atoms with Gasteiger partial charge in [0.1, 0.15) is 11.4 Å². The lowest BCUT2D eigenvalue weighted by Crippen LogP contribution is -2.52. The summed E-state index contributed by atoms with van der Waals surface area (Å²) >= 11 is 0. The molecule has 0 saturated heterocycles. The van der Waals surface area contributed by atoms with Crippen LogP contribution in [0.3, 0.4) is 0 Å². The molecule has 3 saturated carbocycles. The monoisotopic (exact) mass is 431 g/mol. The van der Waals surface area contributed by atoms with Gasteiger partial charge in [-0.15, -0.1) is 5.10 Å². The first-order valence-corrected chi connectivity index (χ1v) is 12.7. The summed E-state index contributed by atoms with van der Waals surface area (Å²) in [5, 5.41) is 9.23. The van der Waals surface area contributed by atoms with Gasteiger partial charge in [-0.1, -0.05) is 31.2 Å². The smallest absolute Gasteiger partial charge is 0.118 e. The number of methoxy groups -OCH3 is 1. The van der Waals surface area contributed by atoms with Gasteiger partial charge in [0.15, 0.2) is 0 Å². The number of hydrogen-bond acceptors (Lipinski definition) is 3. The minimum atomic E-state index is 0.347. The van der Waals surface area contributed by atoms with Crippen LogP contribution in [-0.2, 0) is 0 Å². The normalized spacial score (nSPS) is 40.4. The Bertz CT molecular complexity index is 1010. The van der Waals surface area contributed by atoms with Gasteiger partial charge in [-0.3, -0.25) is 0 Å². The number of nitrogens with zero attached hydrogens (tertiary/aromatic N) is 3. The van der Waals surface area contributed by atoms with E-state index in [0.29, 0.717) is 16.9 Å². The number of rotatable bonds is 3. The fourth-order valence-corrected chi connectivity index (χ4v) is 8.57. The molecule has 1 aromatic heterocycles. The molecule has 32 heavy (non-hydrogen) atoms. The summed E-state index contributed by atoms with van der Waals surface area (Å²) in [6.07, 6.45) is 18.0. The predicted octanol–water partition coefficient (Wildman–Crippen LogP) is 6.70. The summed E-state index contributed by atoms with van der Waals surface area (Å²) in [4.78, 5) is 0. The van der Waals surface area contributed by atoms with Crippen molar-refractivity contribution < 1.29 is 4.74 Å². The summed E-state index contributed by atoms with van der Waals surface area (Å²) in [6, 6.07) is 8.63. The summed E-state index contributed by atoms with van der Waals surface area (Å²) < 4.78 is 7.52. The van der Waals surface area contributed by atoms with E-state index in [1.807, 2.05) is 12.1 Å². The van der Waals surface area contributed by atoms with Gasteiger partial charge in [0.05, 0.1) is 19.3 Å². The zero-order valence-corrected chi connectivity index (χ0v) is 19.8. The van der Waals surface area contributed by atoms with Gasteiger partial charge in [0.2, 0.25) is 0 Å². The Morgan fingerprint density at radius 3 is 2.56 bits per heavy atom. The van der Waals surface area contributed by atoms with E-state index >= 15 is 0 Å². The van der Waals surface area contributed by atoms with Gasteiger partial charge in [0, 0.05) is 5.56 Å². The van der Waals surface area contributed by atoms with E-state index in [0.717, 1.165) is 40.7 Å². The van der Waals surface area contributed by atoms with E-state index in [9.17, 15) is 0 Å². The Balaban J connectivity index is 1.25. The number of fused-ring (bicyclic) bond motifs is 5. The van der Waals surface area contributed by atoms with Crippen molar-refractivity contribution in [3.8, 4) is 17.0 Å². The van der Waals surface area contributed by atoms with Crippen LogP contribution in [0.1, 0.15) is 71.3 Å². The van der Waals surface area contributed by atoms with E-state index in [2.05, 4.69) is 59.3 Å². The first kappa shape index (κ1) is 20.5. The zero-order valence-electron chi connectivity index (χ0n) is 19.8. The van der Waals surface area contributed by atoms with E-state index in [-0.39, 0.29) is 0 Å². The SMILES string of the molecule is COc1ccc(-c2cn([C@@H]3CC[C@H]4[C@@H]5CC[C@H]6CC=CC[C@]6(C)[C@H]5CC[C@@]43C)nn2)cc1. The van der Waals surface area contributed by atoms with Gasteiger partial charge in [-0.05, 0) is 110 Å². The second kappa shape index (κ2) is 7.46. The summed E-state index contributed by atoms with van der Waals surface area (Å²) in [7, 11) is 1.70. The maximum Gasteiger partial charge on any atom is 0.118 e. The molecule has 0 bridgehead atoms. The molecule has 4 nitrogen and oxygen atoms in total. The van der Waals surface area contributed by atoms with Gasteiger partial charge in [0.25, 0.3) is 0 Å². The number of ether oxygens (including phenoxy) is 1. The lowest BCUT2D eigenvalue weighted by molar-refractivity contribution is -0.0954. The summed E-state index contributed by atoms with van der Waals surface area (Å²) in [5.74, 6) is 4.44. The summed E-state index contributed by atoms with van der Waals surface area (Å²) in [6.45, 7) is 5.21. The molecule has 7 atom stereocenters. The maximum absolute atomic E-state index is 5.30. The van der Waals surface area contributed by atoms with Crippen molar-refractivity contribution in [1.82, 2.24) is 15.0 Å². The number of benzene rings is 1. The van der Waals surface area contributed by atoms with Crippen LogP contribution < -0.4 is 4.74 Å². The molecule has 1 aromatic carbocycles.